The Morgan fingerprint density at radius 3 is 1.40 bits per heavy atom. The first-order valence-electron chi connectivity index (χ1n) is 27.5. The Balaban J connectivity index is 1.26. The summed E-state index contributed by atoms with van der Waals surface area (Å²) in [6, 6.07) is 56.9. The fraction of sp³-hybridized carbons (Fsp3) is 0.328. The van der Waals surface area contributed by atoms with Gasteiger partial charge in [0.1, 0.15) is 24.3 Å². The van der Waals surface area contributed by atoms with Gasteiger partial charge in [-0.3, -0.25) is 24.0 Å². The van der Waals surface area contributed by atoms with Crippen LogP contribution in [-0.4, -0.2) is 93.9 Å². The van der Waals surface area contributed by atoms with Crippen LogP contribution in [0, 0.1) is 5.92 Å². The molecule has 81 heavy (non-hydrogen) atoms. The van der Waals surface area contributed by atoms with Crippen molar-refractivity contribution in [3.05, 3.63) is 240 Å². The first-order valence-corrected chi connectivity index (χ1v) is 29.5. The highest BCUT2D eigenvalue weighted by molar-refractivity contribution is 8.00. The van der Waals surface area contributed by atoms with Crippen molar-refractivity contribution < 1.29 is 43.7 Å². The molecule has 0 spiro atoms. The third-order valence-corrected chi connectivity index (χ3v) is 16.6. The van der Waals surface area contributed by atoms with Crippen LogP contribution in [0.4, 0.5) is 0 Å². The molecule has 0 aromatic heterocycles. The monoisotopic (exact) mass is 1130 g/mol. The lowest BCUT2D eigenvalue weighted by Gasteiger charge is -2.37. The number of allylic oxidation sites excluding steroid dienone is 1. The summed E-state index contributed by atoms with van der Waals surface area (Å²) in [5, 5.41) is 31.3. The maximum Gasteiger partial charge on any atom is 0.308 e. The van der Waals surface area contributed by atoms with Crippen molar-refractivity contribution in [2.75, 3.05) is 18.1 Å². The van der Waals surface area contributed by atoms with Crippen molar-refractivity contribution >= 4 is 53.2 Å². The van der Waals surface area contributed by atoms with E-state index in [0.717, 1.165) is 33.4 Å². The van der Waals surface area contributed by atoms with Crippen molar-refractivity contribution in [1.82, 2.24) is 16.0 Å². The molecular weight excluding hydrogens is 1050 g/mol. The molecule has 0 bridgehead atoms. The molecule has 14 heteroatoms. The molecule has 0 heterocycles. The van der Waals surface area contributed by atoms with E-state index < -0.39 is 87.9 Å². The summed E-state index contributed by atoms with van der Waals surface area (Å²) in [5.74, 6) is -3.16. The van der Waals surface area contributed by atoms with Gasteiger partial charge in [0.2, 0.25) is 17.7 Å². The molecule has 6 aromatic carbocycles. The highest BCUT2D eigenvalue weighted by atomic mass is 32.2. The zero-order valence-corrected chi connectivity index (χ0v) is 48.6. The number of hydrogen-bond donors (Lipinski definition) is 5. The zero-order valence-electron chi connectivity index (χ0n) is 46.9. The number of rotatable bonds is 30. The lowest BCUT2D eigenvalue weighted by molar-refractivity contribution is -0.155. The second kappa shape index (κ2) is 31.1. The molecule has 426 valence electrons. The minimum Gasteiger partial charge on any atom is -0.461 e. The van der Waals surface area contributed by atoms with Crippen molar-refractivity contribution in [3.63, 3.8) is 0 Å². The molecule has 5 atom stereocenters. The number of carbonyl (C=O) groups is 5. The van der Waals surface area contributed by atoms with Crippen molar-refractivity contribution in [2.45, 2.75) is 112 Å². The molecule has 0 saturated carbocycles. The number of aliphatic hydroxyl groups excluding tert-OH is 2. The van der Waals surface area contributed by atoms with Crippen molar-refractivity contribution in [3.8, 4) is 0 Å². The van der Waals surface area contributed by atoms with Gasteiger partial charge in [-0.15, -0.1) is 23.5 Å². The predicted octanol–water partition coefficient (Wildman–Crippen LogP) is 10.8. The van der Waals surface area contributed by atoms with Crippen LogP contribution in [0.2, 0.25) is 0 Å². The Labute approximate surface area is 486 Å². The highest BCUT2D eigenvalue weighted by Gasteiger charge is 2.41. The van der Waals surface area contributed by atoms with E-state index in [1.54, 1.807) is 52.5 Å². The van der Waals surface area contributed by atoms with Gasteiger partial charge in [0, 0.05) is 12.2 Å². The molecule has 6 aromatic rings. The molecule has 0 fully saturated rings. The van der Waals surface area contributed by atoms with Gasteiger partial charge in [-0.2, -0.15) is 0 Å². The Morgan fingerprint density at radius 2 is 0.988 bits per heavy atom. The number of hydrogen-bond acceptors (Lipinski definition) is 11. The topological polar surface area (TPSA) is 180 Å². The van der Waals surface area contributed by atoms with E-state index in [2.05, 4.69) is 58.9 Å². The second-order valence-corrected chi connectivity index (χ2v) is 23.6. The van der Waals surface area contributed by atoms with E-state index in [0.29, 0.717) is 12.2 Å². The Morgan fingerprint density at radius 1 is 0.568 bits per heavy atom. The van der Waals surface area contributed by atoms with E-state index in [1.165, 1.54) is 17.8 Å². The second-order valence-electron chi connectivity index (χ2n) is 21.0. The molecule has 0 aliphatic rings. The quantitative estimate of drug-likeness (QED) is 0.0125. The van der Waals surface area contributed by atoms with Gasteiger partial charge < -0.3 is 35.6 Å². The lowest BCUT2D eigenvalue weighted by Crippen LogP contribution is -2.58. The smallest absolute Gasteiger partial charge is 0.308 e. The molecular formula is C67H77N3O9S2. The third kappa shape index (κ3) is 18.1. The van der Waals surface area contributed by atoms with Gasteiger partial charge in [0.15, 0.2) is 0 Å². The molecule has 5 N–H and O–H groups in total. The highest BCUT2D eigenvalue weighted by Crippen LogP contribution is 2.50. The van der Waals surface area contributed by atoms with Gasteiger partial charge in [-0.25, -0.2) is 0 Å². The number of amides is 3. The van der Waals surface area contributed by atoms with Crippen LogP contribution in [0.15, 0.2) is 207 Å². The van der Waals surface area contributed by atoms with Gasteiger partial charge >= 0.3 is 11.9 Å². The summed E-state index contributed by atoms with van der Waals surface area (Å²) < 4.78 is 9.28. The van der Waals surface area contributed by atoms with Crippen LogP contribution in [0.3, 0.4) is 0 Å². The molecule has 0 saturated heterocycles. The molecule has 0 aliphatic heterocycles. The Kier molecular flexibility index (Phi) is 24.2. The maximum atomic E-state index is 14.9. The van der Waals surface area contributed by atoms with Gasteiger partial charge in [-0.05, 0) is 78.7 Å². The standard InChI is InChI=1S/C67H77N3O9S2/c1-7-43-78-61(75)46-58(72)62(48(2)3)70-64(77)57(47-81-67(52-34-20-11-21-35-52,53-36-22-12-23-37-53)54-38-24-13-25-39-54)69-63(76)56(41-42-60(74)79-65(4,5)6)68-59(73)45-55(71)40-26-27-44-80-66(49-28-14-8-15-29-49,50-30-16-9-17-31-50)51-32-18-10-19-33-51/h7-26,28-40,48,55-58,62,71-72H,1,27,41-47H2,2-6H3,(H,68,73)(H,69,76)(H,70,77)/t55-,56-,57-,58+,62-/m1/s1. The van der Waals surface area contributed by atoms with Gasteiger partial charge in [0.25, 0.3) is 0 Å². The maximum absolute atomic E-state index is 14.9. The van der Waals surface area contributed by atoms with E-state index >= 15 is 0 Å². The number of nitrogens with one attached hydrogen (secondary N) is 3. The first-order chi connectivity index (χ1) is 39.0. The first kappa shape index (κ1) is 63.0. The van der Waals surface area contributed by atoms with Crippen LogP contribution in [-0.2, 0) is 42.9 Å². The summed E-state index contributed by atoms with van der Waals surface area (Å²) in [6.45, 7) is 12.3. The number of carbonyl (C=O) groups excluding carboxylic acids is 5. The summed E-state index contributed by atoms with van der Waals surface area (Å²) in [6.07, 6.45) is 1.51. The van der Waals surface area contributed by atoms with Crippen LogP contribution in [0.5, 0.6) is 0 Å². The van der Waals surface area contributed by atoms with Crippen molar-refractivity contribution in [1.29, 1.82) is 0 Å². The number of aliphatic hydroxyl groups is 2. The van der Waals surface area contributed by atoms with Gasteiger partial charge in [0.05, 0.1) is 40.6 Å². The van der Waals surface area contributed by atoms with Crippen LogP contribution in [0.1, 0.15) is 100 Å². The fourth-order valence-electron chi connectivity index (χ4n) is 9.65. The average Bonchev–Trinajstić information content (AvgIpc) is 3.54. The van der Waals surface area contributed by atoms with E-state index in [9.17, 15) is 34.2 Å². The molecule has 0 aliphatic carbocycles. The number of ether oxygens (including phenoxy) is 2. The number of thioether (sulfide) groups is 2. The summed E-state index contributed by atoms with van der Waals surface area (Å²) in [5.41, 5.74) is 5.25. The van der Waals surface area contributed by atoms with Crippen LogP contribution in [0.25, 0.3) is 0 Å². The third-order valence-electron chi connectivity index (χ3n) is 13.4. The number of esters is 2. The van der Waals surface area contributed by atoms with E-state index in [-0.39, 0.29) is 31.1 Å². The van der Waals surface area contributed by atoms with Crippen LogP contribution < -0.4 is 16.0 Å². The predicted molar refractivity (Wildman–Crippen MR) is 325 cm³/mol. The SMILES string of the molecule is C=CCOC(=O)C[C@H](O)[C@H](NC(=O)[C@@H](CSC(c1ccccc1)(c1ccccc1)c1ccccc1)NC(=O)[C@@H](CCC(=O)OC(C)(C)C)NC(=O)C[C@H](O)C=CCCSC(c1ccccc1)(c1ccccc1)c1ccccc1)C(C)C. The normalized spacial score (nSPS) is 13.7. The van der Waals surface area contributed by atoms with Gasteiger partial charge in [-0.1, -0.05) is 221 Å². The summed E-state index contributed by atoms with van der Waals surface area (Å²) >= 11 is 3.19. The Bertz CT molecular complexity index is 2750. The minimum atomic E-state index is -1.37. The summed E-state index contributed by atoms with van der Waals surface area (Å²) in [4.78, 5) is 69.7. The largest absolute Gasteiger partial charge is 0.461 e. The Hall–Kier alpha value is -7.23. The average molecular weight is 1130 g/mol. The van der Waals surface area contributed by atoms with Crippen molar-refractivity contribution in [2.24, 2.45) is 5.92 Å². The molecule has 0 radical (unpaired) electrons. The minimum absolute atomic E-state index is 0.0454. The molecule has 6 rings (SSSR count). The molecule has 3 amide bonds. The van der Waals surface area contributed by atoms with E-state index in [1.807, 2.05) is 152 Å². The lowest BCUT2D eigenvalue weighted by atomic mass is 9.84. The molecule has 0 unspecified atom stereocenters. The van der Waals surface area contributed by atoms with Crippen LogP contribution >= 0.6 is 23.5 Å². The summed E-state index contributed by atoms with van der Waals surface area (Å²) in [7, 11) is 0. The van der Waals surface area contributed by atoms with E-state index in [4.69, 9.17) is 9.47 Å². The molecule has 12 nitrogen and oxygen atoms in total. The number of benzene rings is 6. The zero-order chi connectivity index (χ0) is 58.3. The fourth-order valence-corrected chi connectivity index (χ4v) is 12.7.